The number of Topliss-reactive ketones (excluding diaryl/α,β-unsaturated/α-hetero) is 1. The van der Waals surface area contributed by atoms with Gasteiger partial charge in [-0.05, 0) is 80.6 Å². The number of benzene rings is 3. The van der Waals surface area contributed by atoms with Crippen LogP contribution in [0.4, 0.5) is 10.1 Å². The predicted octanol–water partition coefficient (Wildman–Crippen LogP) is 6.71. The molecule has 43 heavy (non-hydrogen) atoms. The second-order valence-electron chi connectivity index (χ2n) is 11.5. The van der Waals surface area contributed by atoms with Crippen molar-refractivity contribution in [2.24, 2.45) is 5.92 Å². The Bertz CT molecular complexity index is 1880. The van der Waals surface area contributed by atoms with Crippen LogP contribution in [-0.4, -0.2) is 38.4 Å². The number of rotatable bonds is 10. The lowest BCUT2D eigenvalue weighted by Gasteiger charge is -2.25. The Hall–Kier alpha value is -4.49. The lowest BCUT2D eigenvalue weighted by atomic mass is 9.95. The Morgan fingerprint density at radius 3 is 2.40 bits per heavy atom. The fourth-order valence-electron chi connectivity index (χ4n) is 4.99. The molecule has 0 radical (unpaired) electrons. The van der Waals surface area contributed by atoms with Gasteiger partial charge >= 0.3 is 0 Å². The molecule has 0 saturated heterocycles. The maximum absolute atomic E-state index is 13.7. The van der Waals surface area contributed by atoms with Gasteiger partial charge in [0.15, 0.2) is 5.78 Å². The molecule has 1 aliphatic carbocycles. The topological polar surface area (TPSA) is 120 Å². The van der Waals surface area contributed by atoms with E-state index in [4.69, 9.17) is 4.42 Å². The molecule has 0 aliphatic heterocycles. The van der Waals surface area contributed by atoms with Crippen LogP contribution < -0.4 is 9.62 Å². The molecule has 0 atom stereocenters. The maximum Gasteiger partial charge on any atom is 0.252 e. The molecule has 5 rings (SSSR count). The summed E-state index contributed by atoms with van der Waals surface area (Å²) < 4.78 is 47.7. The van der Waals surface area contributed by atoms with Gasteiger partial charge in [-0.15, -0.1) is 0 Å². The zero-order valence-electron chi connectivity index (χ0n) is 24.4. The van der Waals surface area contributed by atoms with Crippen molar-refractivity contribution in [3.05, 3.63) is 77.6 Å². The summed E-state index contributed by atoms with van der Waals surface area (Å²) in [6, 6.07) is 17.7. The van der Waals surface area contributed by atoms with Crippen LogP contribution in [-0.2, 0) is 10.0 Å². The zero-order valence-corrected chi connectivity index (χ0v) is 25.2. The summed E-state index contributed by atoms with van der Waals surface area (Å²) in [5, 5.41) is 12.5. The lowest BCUT2D eigenvalue weighted by molar-refractivity contribution is 0.0928. The second kappa shape index (κ2) is 11.3. The largest absolute Gasteiger partial charge is 0.455 e. The first kappa shape index (κ1) is 30.0. The van der Waals surface area contributed by atoms with E-state index in [1.165, 1.54) is 28.6 Å². The minimum atomic E-state index is -3.74. The Balaban J connectivity index is 1.77. The fraction of sp³-hybridized carbons (Fsp3) is 0.303. The lowest BCUT2D eigenvalue weighted by Crippen LogP contribution is -2.42. The molecule has 222 valence electrons. The van der Waals surface area contributed by atoms with Crippen molar-refractivity contribution in [1.82, 2.24) is 5.32 Å². The summed E-state index contributed by atoms with van der Waals surface area (Å²) in [5.41, 5.74) is 1.70. The first-order chi connectivity index (χ1) is 20.3. The summed E-state index contributed by atoms with van der Waals surface area (Å²) in [5.74, 6) is -0.602. The van der Waals surface area contributed by atoms with Crippen molar-refractivity contribution >= 4 is 38.4 Å². The minimum absolute atomic E-state index is 0.182. The van der Waals surface area contributed by atoms with Gasteiger partial charge in [-0.3, -0.25) is 13.9 Å². The Labute approximate surface area is 250 Å². The van der Waals surface area contributed by atoms with E-state index < -0.39 is 27.3 Å². The van der Waals surface area contributed by atoms with Gasteiger partial charge in [0, 0.05) is 41.1 Å². The molecule has 10 heteroatoms. The van der Waals surface area contributed by atoms with Crippen LogP contribution >= 0.6 is 0 Å². The van der Waals surface area contributed by atoms with Gasteiger partial charge in [0.05, 0.1) is 23.6 Å². The van der Waals surface area contributed by atoms with E-state index in [0.29, 0.717) is 38.9 Å². The maximum atomic E-state index is 13.7. The standard InChI is InChI=1S/C33H32FN3O5S/c1-5-28(38)30-26-16-25(22-7-6-8-23(15-22)32(39)36-33(2,3)19-35)27(37(43(4,40)41)18-20-9-10-20)17-29(26)42-31(30)21-11-13-24(34)14-12-21/h6-8,11-17,20H,5,9-10,18H2,1-4H3,(H,36,39). The number of nitrogens with one attached hydrogen (secondary N) is 1. The monoisotopic (exact) mass is 601 g/mol. The number of carbonyl (C=O) groups is 2. The number of nitriles is 1. The van der Waals surface area contributed by atoms with E-state index in [-0.39, 0.29) is 36.0 Å². The number of fused-ring (bicyclic) bond motifs is 1. The van der Waals surface area contributed by atoms with Gasteiger partial charge in [0.25, 0.3) is 5.91 Å². The van der Waals surface area contributed by atoms with Crippen LogP contribution in [0.1, 0.15) is 60.7 Å². The van der Waals surface area contributed by atoms with Crippen molar-refractivity contribution in [3.8, 4) is 28.5 Å². The van der Waals surface area contributed by atoms with Crippen LogP contribution in [0.25, 0.3) is 33.4 Å². The van der Waals surface area contributed by atoms with Gasteiger partial charge in [-0.2, -0.15) is 5.26 Å². The van der Waals surface area contributed by atoms with Crippen LogP contribution in [0.15, 0.2) is 65.1 Å². The smallest absolute Gasteiger partial charge is 0.252 e. The Morgan fingerprint density at radius 2 is 1.79 bits per heavy atom. The van der Waals surface area contributed by atoms with E-state index in [1.807, 2.05) is 6.07 Å². The van der Waals surface area contributed by atoms with Crippen LogP contribution in [0.2, 0.25) is 0 Å². The number of sulfonamides is 1. The summed E-state index contributed by atoms with van der Waals surface area (Å²) in [4.78, 5) is 26.4. The summed E-state index contributed by atoms with van der Waals surface area (Å²) in [7, 11) is -3.74. The first-order valence-corrected chi connectivity index (χ1v) is 15.9. The highest BCUT2D eigenvalue weighted by Crippen LogP contribution is 2.43. The molecule has 0 bridgehead atoms. The van der Waals surface area contributed by atoms with Crippen LogP contribution in [0.5, 0.6) is 0 Å². The number of ketones is 1. The third kappa shape index (κ3) is 6.32. The predicted molar refractivity (Wildman–Crippen MR) is 164 cm³/mol. The molecule has 0 unspecified atom stereocenters. The van der Waals surface area contributed by atoms with Crippen LogP contribution in [0.3, 0.4) is 0 Å². The molecule has 1 fully saturated rings. The first-order valence-electron chi connectivity index (χ1n) is 14.0. The molecule has 1 N–H and O–H groups in total. The number of hydrogen-bond donors (Lipinski definition) is 1. The zero-order chi connectivity index (χ0) is 31.1. The molecule has 1 saturated carbocycles. The Morgan fingerprint density at radius 1 is 1.09 bits per heavy atom. The number of amides is 1. The van der Waals surface area contributed by atoms with Gasteiger partial charge in [-0.1, -0.05) is 19.1 Å². The van der Waals surface area contributed by atoms with E-state index >= 15 is 0 Å². The van der Waals surface area contributed by atoms with Gasteiger partial charge in [-0.25, -0.2) is 12.8 Å². The average Bonchev–Trinajstić information content (AvgIpc) is 3.72. The quantitative estimate of drug-likeness (QED) is 0.202. The van der Waals surface area contributed by atoms with E-state index in [0.717, 1.165) is 19.1 Å². The Kier molecular flexibility index (Phi) is 7.88. The number of nitrogens with zero attached hydrogens (tertiary/aromatic N) is 2. The van der Waals surface area contributed by atoms with E-state index in [2.05, 4.69) is 5.32 Å². The molecule has 8 nitrogen and oxygen atoms in total. The number of hydrogen-bond acceptors (Lipinski definition) is 6. The minimum Gasteiger partial charge on any atom is -0.455 e. The highest BCUT2D eigenvalue weighted by molar-refractivity contribution is 7.92. The number of carbonyl (C=O) groups excluding carboxylic acids is 2. The number of furan rings is 1. The molecular formula is C33H32FN3O5S. The molecule has 1 aromatic heterocycles. The summed E-state index contributed by atoms with van der Waals surface area (Å²) in [6.45, 7) is 5.19. The molecule has 1 amide bonds. The highest BCUT2D eigenvalue weighted by atomic mass is 32.2. The van der Waals surface area contributed by atoms with E-state index in [1.54, 1.807) is 57.2 Å². The molecule has 0 spiro atoms. The molecule has 3 aromatic carbocycles. The normalized spacial score (nSPS) is 13.5. The third-order valence-electron chi connectivity index (χ3n) is 7.44. The fourth-order valence-corrected chi connectivity index (χ4v) is 5.98. The van der Waals surface area contributed by atoms with Crippen molar-refractivity contribution in [2.45, 2.75) is 45.6 Å². The molecule has 1 aliphatic rings. The van der Waals surface area contributed by atoms with E-state index in [9.17, 15) is 27.7 Å². The average molecular weight is 602 g/mol. The molecule has 1 heterocycles. The second-order valence-corrected chi connectivity index (χ2v) is 13.4. The van der Waals surface area contributed by atoms with Crippen LogP contribution in [0, 0.1) is 23.1 Å². The van der Waals surface area contributed by atoms with Crippen molar-refractivity contribution in [2.75, 3.05) is 17.1 Å². The van der Waals surface area contributed by atoms with Gasteiger partial charge < -0.3 is 9.73 Å². The number of anilines is 1. The summed E-state index contributed by atoms with van der Waals surface area (Å²) in [6.07, 6.45) is 3.16. The summed E-state index contributed by atoms with van der Waals surface area (Å²) >= 11 is 0. The van der Waals surface area contributed by atoms with Gasteiger partial charge in [0.1, 0.15) is 22.7 Å². The molecule has 4 aromatic rings. The highest BCUT2D eigenvalue weighted by Gasteiger charge is 2.32. The third-order valence-corrected chi connectivity index (χ3v) is 8.59. The van der Waals surface area contributed by atoms with Crippen molar-refractivity contribution in [1.29, 1.82) is 5.26 Å². The SMILES string of the molecule is CCC(=O)c1c(-c2ccc(F)cc2)oc2cc(N(CC3CC3)S(C)(=O)=O)c(-c3cccc(C(=O)NC(C)(C)C#N)c3)cc12. The molecular weight excluding hydrogens is 569 g/mol. The van der Waals surface area contributed by atoms with Crippen molar-refractivity contribution < 1.29 is 26.8 Å². The number of halogens is 1. The van der Waals surface area contributed by atoms with Gasteiger partial charge in [0.2, 0.25) is 10.0 Å². The van der Waals surface area contributed by atoms with Crippen molar-refractivity contribution in [3.63, 3.8) is 0 Å².